The molecule has 1 amide bonds. The Bertz CT molecular complexity index is 1140. The number of halogens is 3. The molecule has 0 N–H and O–H groups in total. The fourth-order valence-corrected chi connectivity index (χ4v) is 2.91. The molecule has 150 valence electrons. The fraction of sp³-hybridized carbons (Fsp3) is 0.455. The number of carbonyl (C=O) groups is 1. The molecule has 1 aliphatic heterocycles. The van der Waals surface area contributed by atoms with Crippen molar-refractivity contribution in [3.05, 3.63) is 64.2 Å². The zero-order chi connectivity index (χ0) is 27.3. The topological polar surface area (TPSA) is 33.2 Å². The van der Waals surface area contributed by atoms with Crippen molar-refractivity contribution in [2.24, 2.45) is 0 Å². The van der Waals surface area contributed by atoms with E-state index in [0.29, 0.717) is 0 Å². The van der Waals surface area contributed by atoms with Crippen LogP contribution in [0.1, 0.15) is 65.1 Å². The first-order valence-electron chi connectivity index (χ1n) is 12.7. The van der Waals surface area contributed by atoms with Crippen molar-refractivity contribution in [2.45, 2.75) is 50.9 Å². The predicted molar refractivity (Wildman–Crippen MR) is 107 cm³/mol. The molecule has 1 atom stereocenters. The number of hydrogen-bond acceptors (Lipinski definition) is 2. The third-order valence-electron chi connectivity index (χ3n) is 4.42. The summed E-state index contributed by atoms with van der Waals surface area (Å²) in [5, 5.41) is -0.309. The molecule has 1 saturated heterocycles. The van der Waals surface area contributed by atoms with Gasteiger partial charge in [-0.2, -0.15) is 0 Å². The number of pyridine rings is 1. The Morgan fingerprint density at radius 3 is 2.86 bits per heavy atom. The molecular weight excluding hydrogens is 382 g/mol. The smallest absolute Gasteiger partial charge is 0.253 e. The molecule has 28 heavy (non-hydrogen) atoms. The highest BCUT2D eigenvalue weighted by atomic mass is 35.5. The Kier molecular flexibility index (Phi) is 4.02. The van der Waals surface area contributed by atoms with Crippen molar-refractivity contribution in [1.29, 1.82) is 0 Å². The zero-order valence-electron chi connectivity index (χ0n) is 23.2. The van der Waals surface area contributed by atoms with Crippen LogP contribution < -0.4 is 0 Å². The lowest BCUT2D eigenvalue weighted by atomic mass is 9.87. The van der Waals surface area contributed by atoms with Gasteiger partial charge in [-0.05, 0) is 68.2 Å². The number of rotatable bonds is 6. The molecule has 0 spiro atoms. The maximum Gasteiger partial charge on any atom is 0.253 e. The van der Waals surface area contributed by atoms with Crippen molar-refractivity contribution in [2.75, 3.05) is 13.1 Å². The van der Waals surface area contributed by atoms with E-state index in [9.17, 15) is 9.18 Å². The lowest BCUT2D eigenvalue weighted by Gasteiger charge is -2.36. The Morgan fingerprint density at radius 2 is 2.21 bits per heavy atom. The summed E-state index contributed by atoms with van der Waals surface area (Å²) in [6, 6.07) is 5.71. The summed E-state index contributed by atoms with van der Waals surface area (Å²) < 4.78 is 95.0. The number of likely N-dealkylation sites (tertiary alicyclic amines) is 1. The number of piperidine rings is 1. The number of aryl methyl sites for hydroxylation is 2. The van der Waals surface area contributed by atoms with Crippen LogP contribution in [0.15, 0.2) is 36.5 Å². The molecule has 3 rings (SSSR count). The summed E-state index contributed by atoms with van der Waals surface area (Å²) in [4.78, 5) is 17.7. The first-order valence-corrected chi connectivity index (χ1v) is 9.09. The molecule has 3 nitrogen and oxygen atoms in total. The van der Waals surface area contributed by atoms with Gasteiger partial charge in [-0.3, -0.25) is 9.78 Å². The maximum atomic E-state index is 16.2. The highest BCUT2D eigenvalue weighted by Crippen LogP contribution is 2.32. The average Bonchev–Trinajstić information content (AvgIpc) is 2.75. The number of amides is 1. The minimum atomic E-state index is -3.15. The molecule has 1 aromatic heterocycles. The van der Waals surface area contributed by atoms with E-state index in [1.165, 1.54) is 19.1 Å². The minimum absolute atomic E-state index is 0.0334. The van der Waals surface area contributed by atoms with E-state index < -0.39 is 62.3 Å². The van der Waals surface area contributed by atoms with Crippen molar-refractivity contribution < 1.29 is 24.5 Å². The second kappa shape index (κ2) is 8.99. The summed E-state index contributed by atoms with van der Waals surface area (Å²) in [5.41, 5.74) is -3.24. The van der Waals surface area contributed by atoms with E-state index in [2.05, 4.69) is 4.98 Å². The monoisotopic (exact) mass is 414 g/mol. The van der Waals surface area contributed by atoms with E-state index in [1.807, 2.05) is 0 Å². The van der Waals surface area contributed by atoms with E-state index in [1.54, 1.807) is 0 Å². The number of nitrogens with zero attached hydrogens (tertiary/aromatic N) is 2. The van der Waals surface area contributed by atoms with Crippen molar-refractivity contribution in [3.63, 3.8) is 0 Å². The first-order chi connectivity index (χ1) is 16.3. The molecule has 1 unspecified atom stereocenters. The quantitative estimate of drug-likeness (QED) is 0.633. The van der Waals surface area contributed by atoms with Gasteiger partial charge in [0.1, 0.15) is 11.5 Å². The molecule has 1 aromatic carbocycles. The Labute approximate surface area is 181 Å². The van der Waals surface area contributed by atoms with Gasteiger partial charge in [0.25, 0.3) is 5.91 Å². The molecule has 0 saturated carbocycles. The van der Waals surface area contributed by atoms with Crippen LogP contribution in [-0.2, 0) is 12.7 Å². The standard InChI is InChI=1S/C22H25ClF2N2O/c1-2-16-5-7-18(26-15-16)4-3-9-22(25)10-12-27(13-11-22)21(28)17-6-8-20(24)19(23)14-17/h5-8,14-15H,2-4,9-13H2,1H3/i2D2,4D2,9D2,10D2. The second-order valence-corrected chi connectivity index (χ2v) is 6.70. The highest BCUT2D eigenvalue weighted by molar-refractivity contribution is 6.31. The molecule has 6 heteroatoms. The van der Waals surface area contributed by atoms with Crippen LogP contribution in [0.3, 0.4) is 0 Å². The number of hydrogen-bond donors (Lipinski definition) is 0. The summed E-state index contributed by atoms with van der Waals surface area (Å²) in [7, 11) is 0. The second-order valence-electron chi connectivity index (χ2n) is 6.30. The highest BCUT2D eigenvalue weighted by Gasteiger charge is 2.35. The lowest BCUT2D eigenvalue weighted by molar-refractivity contribution is 0.0389. The van der Waals surface area contributed by atoms with E-state index in [-0.39, 0.29) is 28.4 Å². The number of carbonyl (C=O) groups excluding carboxylic acids is 1. The number of aromatic nitrogens is 1. The van der Waals surface area contributed by atoms with Crippen LogP contribution in [0.4, 0.5) is 8.78 Å². The van der Waals surface area contributed by atoms with Gasteiger partial charge >= 0.3 is 0 Å². The largest absolute Gasteiger partial charge is 0.338 e. The summed E-state index contributed by atoms with van der Waals surface area (Å²) in [6.45, 7) is 0.136. The third kappa shape index (κ3) is 5.07. The first kappa shape index (κ1) is 12.5. The molecule has 2 heterocycles. The van der Waals surface area contributed by atoms with Crippen molar-refractivity contribution in [3.8, 4) is 0 Å². The number of benzene rings is 1. The molecule has 0 aliphatic carbocycles. The van der Waals surface area contributed by atoms with Gasteiger partial charge in [-0.25, -0.2) is 8.78 Å². The zero-order valence-corrected chi connectivity index (χ0v) is 16.0. The average molecular weight is 415 g/mol. The molecule has 1 aliphatic rings. The Morgan fingerprint density at radius 1 is 1.39 bits per heavy atom. The molecule has 0 bridgehead atoms. The van der Waals surface area contributed by atoms with Crippen molar-refractivity contribution >= 4 is 17.5 Å². The van der Waals surface area contributed by atoms with Crippen molar-refractivity contribution in [1.82, 2.24) is 9.88 Å². The summed E-state index contributed by atoms with van der Waals surface area (Å²) in [5.74, 6) is -1.47. The molecule has 2 aromatic rings. The maximum absolute atomic E-state index is 16.2. The molecule has 1 fully saturated rings. The van der Waals surface area contributed by atoms with Gasteiger partial charge in [-0.1, -0.05) is 24.6 Å². The minimum Gasteiger partial charge on any atom is -0.338 e. The SMILES string of the molecule is [2H]C([2H])(C)c1ccc(C([2H])([2H])CC([2H])([2H])C2(F)CCN(C(=O)c3ccc(F)c(Cl)c3)CC2([2H])[2H])nc1. The van der Waals surface area contributed by atoms with Crippen LogP contribution in [0.2, 0.25) is 5.02 Å². The Balaban J connectivity index is 1.81. The predicted octanol–water partition coefficient (Wildman–Crippen LogP) is 5.40. The van der Waals surface area contributed by atoms with E-state index in [4.69, 9.17) is 22.6 Å². The van der Waals surface area contributed by atoms with Gasteiger partial charge in [0.15, 0.2) is 0 Å². The van der Waals surface area contributed by atoms with Gasteiger partial charge < -0.3 is 4.90 Å². The van der Waals surface area contributed by atoms with Crippen LogP contribution in [0.25, 0.3) is 0 Å². The normalized spacial score (nSPS) is 27.2. The van der Waals surface area contributed by atoms with Crippen LogP contribution in [-0.4, -0.2) is 34.5 Å². The molecular formula is C22H25ClF2N2O. The van der Waals surface area contributed by atoms with E-state index >= 15 is 4.39 Å². The Hall–Kier alpha value is -2.01. The number of alkyl halides is 1. The van der Waals surface area contributed by atoms with Crippen LogP contribution >= 0.6 is 11.6 Å². The van der Waals surface area contributed by atoms with E-state index in [0.717, 1.165) is 29.3 Å². The van der Waals surface area contributed by atoms with Gasteiger partial charge in [0.2, 0.25) is 0 Å². The summed E-state index contributed by atoms with van der Waals surface area (Å²) >= 11 is 5.71. The van der Waals surface area contributed by atoms with Gasteiger partial charge in [0.05, 0.1) is 5.02 Å². The van der Waals surface area contributed by atoms with Crippen LogP contribution in [0, 0.1) is 5.82 Å². The van der Waals surface area contributed by atoms with Gasteiger partial charge in [0, 0.05) is 41.5 Å². The summed E-state index contributed by atoms with van der Waals surface area (Å²) in [6.07, 6.45) is -10.8. The van der Waals surface area contributed by atoms with Gasteiger partial charge in [-0.15, -0.1) is 0 Å². The van der Waals surface area contributed by atoms with Crippen LogP contribution in [0.5, 0.6) is 0 Å². The fourth-order valence-electron chi connectivity index (χ4n) is 2.73. The lowest BCUT2D eigenvalue weighted by Crippen LogP contribution is -2.44. The third-order valence-corrected chi connectivity index (χ3v) is 4.71. The molecule has 0 radical (unpaired) electrons.